The molecule has 0 bridgehead atoms. The van der Waals surface area contributed by atoms with Crippen LogP contribution >= 0.6 is 0 Å². The highest BCUT2D eigenvalue weighted by Gasteiger charge is 2.05. The summed E-state index contributed by atoms with van der Waals surface area (Å²) in [6, 6.07) is 0. The van der Waals surface area contributed by atoms with Crippen LogP contribution in [0.4, 0.5) is 0 Å². The fourth-order valence-corrected chi connectivity index (χ4v) is 4.29. The highest BCUT2D eigenvalue weighted by Crippen LogP contribution is 2.14. The minimum atomic E-state index is -0.688. The summed E-state index contributed by atoms with van der Waals surface area (Å²) in [6.45, 7) is 2.83. The molecule has 0 aromatic heterocycles. The van der Waals surface area contributed by atoms with Crippen molar-refractivity contribution >= 4 is 5.91 Å². The number of aliphatic hydroxyl groups excluding tert-OH is 2. The maximum absolute atomic E-state index is 11.7. The molecule has 3 N–H and O–H groups in total. The molecule has 0 aliphatic rings. The number of carbonyl (C=O) groups is 1. The molecule has 0 saturated heterocycles. The van der Waals surface area contributed by atoms with E-state index in [0.29, 0.717) is 19.3 Å². The van der Waals surface area contributed by atoms with E-state index in [-0.39, 0.29) is 12.5 Å². The molecule has 4 heteroatoms. The Morgan fingerprint density at radius 2 is 1.00 bits per heavy atom. The second-order valence-electron chi connectivity index (χ2n) is 9.80. The first-order valence-electron chi connectivity index (χ1n) is 14.3. The molecule has 0 saturated carbocycles. The van der Waals surface area contributed by atoms with Gasteiger partial charge in [0.05, 0.1) is 12.7 Å². The largest absolute Gasteiger partial charge is 0.394 e. The summed E-state index contributed by atoms with van der Waals surface area (Å²) in [7, 11) is 0. The predicted octanol–water partition coefficient (Wildman–Crippen LogP) is 7.45. The highest BCUT2D eigenvalue weighted by molar-refractivity contribution is 5.75. The fraction of sp³-hybridized carbons (Fsp3) is 0.964. The first-order valence-corrected chi connectivity index (χ1v) is 14.3. The van der Waals surface area contributed by atoms with Gasteiger partial charge in [0.1, 0.15) is 0 Å². The van der Waals surface area contributed by atoms with E-state index in [2.05, 4.69) is 12.2 Å². The number of aliphatic hydroxyl groups is 2. The van der Waals surface area contributed by atoms with E-state index >= 15 is 0 Å². The standard InChI is InChI=1S/C28H57NO3/c1-2-3-4-5-6-7-8-9-10-11-12-13-14-15-16-17-18-19-20-21-25-29-28(32)24-22-23-27(31)26-30/h27,30-31H,2-26H2,1H3,(H,29,32)/t27-/m0/s1. The average Bonchev–Trinajstić information content (AvgIpc) is 2.79. The van der Waals surface area contributed by atoms with Crippen molar-refractivity contribution in [3.63, 3.8) is 0 Å². The van der Waals surface area contributed by atoms with Crippen LogP contribution in [0.2, 0.25) is 0 Å². The molecule has 1 amide bonds. The summed E-state index contributed by atoms with van der Waals surface area (Å²) in [5.41, 5.74) is 0. The van der Waals surface area contributed by atoms with Crippen LogP contribution < -0.4 is 5.32 Å². The molecular weight excluding hydrogens is 398 g/mol. The Morgan fingerprint density at radius 3 is 1.38 bits per heavy atom. The van der Waals surface area contributed by atoms with E-state index in [1.54, 1.807) is 0 Å². The van der Waals surface area contributed by atoms with Gasteiger partial charge in [0, 0.05) is 13.0 Å². The number of carbonyl (C=O) groups excluding carboxylic acids is 1. The van der Waals surface area contributed by atoms with Crippen LogP contribution in [0.3, 0.4) is 0 Å². The van der Waals surface area contributed by atoms with Gasteiger partial charge in [-0.2, -0.15) is 0 Å². The molecule has 0 spiro atoms. The normalized spacial score (nSPS) is 12.2. The third-order valence-electron chi connectivity index (χ3n) is 6.50. The van der Waals surface area contributed by atoms with Crippen molar-refractivity contribution in [1.82, 2.24) is 5.32 Å². The molecule has 0 rings (SSSR count). The van der Waals surface area contributed by atoms with Crippen molar-refractivity contribution in [1.29, 1.82) is 0 Å². The highest BCUT2D eigenvalue weighted by atomic mass is 16.3. The fourth-order valence-electron chi connectivity index (χ4n) is 4.29. The zero-order valence-electron chi connectivity index (χ0n) is 21.6. The van der Waals surface area contributed by atoms with Gasteiger partial charge in [0.25, 0.3) is 0 Å². The Hall–Kier alpha value is -0.610. The van der Waals surface area contributed by atoms with Gasteiger partial charge in [-0.05, 0) is 19.3 Å². The maximum Gasteiger partial charge on any atom is 0.219 e. The van der Waals surface area contributed by atoms with Crippen molar-refractivity contribution in [3.05, 3.63) is 0 Å². The Kier molecular flexibility index (Phi) is 26.1. The first-order chi connectivity index (χ1) is 15.7. The van der Waals surface area contributed by atoms with E-state index in [4.69, 9.17) is 5.11 Å². The van der Waals surface area contributed by atoms with Crippen molar-refractivity contribution in [2.75, 3.05) is 13.2 Å². The Labute approximate surface area is 200 Å². The number of hydrogen-bond donors (Lipinski definition) is 3. The van der Waals surface area contributed by atoms with Crippen LogP contribution in [-0.2, 0) is 4.79 Å². The third kappa shape index (κ3) is 25.6. The molecule has 0 aliphatic carbocycles. The monoisotopic (exact) mass is 455 g/mol. The molecule has 0 unspecified atom stereocenters. The van der Waals surface area contributed by atoms with Crippen LogP contribution in [0.25, 0.3) is 0 Å². The Bertz CT molecular complexity index is 376. The van der Waals surface area contributed by atoms with E-state index in [9.17, 15) is 9.90 Å². The average molecular weight is 456 g/mol. The van der Waals surface area contributed by atoms with Crippen molar-refractivity contribution in [2.45, 2.75) is 161 Å². The molecule has 4 nitrogen and oxygen atoms in total. The molecule has 0 fully saturated rings. The van der Waals surface area contributed by atoms with E-state index in [1.165, 1.54) is 122 Å². The van der Waals surface area contributed by atoms with Gasteiger partial charge in [-0.15, -0.1) is 0 Å². The Morgan fingerprint density at radius 1 is 0.625 bits per heavy atom. The lowest BCUT2D eigenvalue weighted by atomic mass is 10.0. The van der Waals surface area contributed by atoms with Gasteiger partial charge < -0.3 is 15.5 Å². The lowest BCUT2D eigenvalue weighted by molar-refractivity contribution is -0.121. The topological polar surface area (TPSA) is 69.6 Å². The lowest BCUT2D eigenvalue weighted by Gasteiger charge is -2.07. The van der Waals surface area contributed by atoms with E-state index < -0.39 is 6.10 Å². The quantitative estimate of drug-likeness (QED) is 0.119. The van der Waals surface area contributed by atoms with Crippen LogP contribution in [0.15, 0.2) is 0 Å². The van der Waals surface area contributed by atoms with Gasteiger partial charge >= 0.3 is 0 Å². The number of nitrogens with one attached hydrogen (secondary N) is 1. The molecule has 0 aliphatic heterocycles. The van der Waals surface area contributed by atoms with Crippen LogP contribution in [0.1, 0.15) is 155 Å². The molecular formula is C28H57NO3. The number of amides is 1. The summed E-state index contributed by atoms with van der Waals surface area (Å²) in [4.78, 5) is 11.7. The number of unbranched alkanes of at least 4 members (excludes halogenated alkanes) is 19. The minimum Gasteiger partial charge on any atom is -0.394 e. The van der Waals surface area contributed by atoms with Gasteiger partial charge in [-0.3, -0.25) is 4.79 Å². The molecule has 0 aromatic carbocycles. The van der Waals surface area contributed by atoms with Gasteiger partial charge in [0.2, 0.25) is 5.91 Å². The molecule has 0 radical (unpaired) electrons. The van der Waals surface area contributed by atoms with E-state index in [0.717, 1.165) is 13.0 Å². The maximum atomic E-state index is 11.7. The molecule has 0 aromatic rings. The number of rotatable bonds is 26. The minimum absolute atomic E-state index is 0.0629. The summed E-state index contributed by atoms with van der Waals surface area (Å²) in [6.07, 6.45) is 28.5. The summed E-state index contributed by atoms with van der Waals surface area (Å²) < 4.78 is 0. The second-order valence-corrected chi connectivity index (χ2v) is 9.80. The molecule has 32 heavy (non-hydrogen) atoms. The van der Waals surface area contributed by atoms with Gasteiger partial charge in [0.15, 0.2) is 0 Å². The summed E-state index contributed by atoms with van der Waals surface area (Å²) >= 11 is 0. The van der Waals surface area contributed by atoms with E-state index in [1.807, 2.05) is 0 Å². The summed E-state index contributed by atoms with van der Waals surface area (Å²) in [5, 5.41) is 20.9. The van der Waals surface area contributed by atoms with Gasteiger partial charge in [-0.1, -0.05) is 129 Å². The smallest absolute Gasteiger partial charge is 0.219 e. The molecule has 0 heterocycles. The van der Waals surface area contributed by atoms with Crippen molar-refractivity contribution in [3.8, 4) is 0 Å². The van der Waals surface area contributed by atoms with Crippen molar-refractivity contribution in [2.24, 2.45) is 0 Å². The molecule has 192 valence electrons. The Balaban J connectivity index is 3.11. The predicted molar refractivity (Wildman–Crippen MR) is 138 cm³/mol. The first kappa shape index (κ1) is 31.4. The SMILES string of the molecule is CCCCCCCCCCCCCCCCCCCCCCNC(=O)CCC[C@H](O)CO. The third-order valence-corrected chi connectivity index (χ3v) is 6.50. The van der Waals surface area contributed by atoms with Crippen LogP contribution in [0.5, 0.6) is 0 Å². The van der Waals surface area contributed by atoms with Gasteiger partial charge in [-0.25, -0.2) is 0 Å². The molecule has 1 atom stereocenters. The zero-order chi connectivity index (χ0) is 23.5. The second kappa shape index (κ2) is 26.6. The van der Waals surface area contributed by atoms with Crippen molar-refractivity contribution < 1.29 is 15.0 Å². The number of hydrogen-bond acceptors (Lipinski definition) is 3. The van der Waals surface area contributed by atoms with Crippen LogP contribution in [0, 0.1) is 0 Å². The summed E-state index contributed by atoms with van der Waals surface area (Å²) in [5.74, 6) is 0.0629. The van der Waals surface area contributed by atoms with Crippen LogP contribution in [-0.4, -0.2) is 35.4 Å². The lowest BCUT2D eigenvalue weighted by Crippen LogP contribution is -2.24. The zero-order valence-corrected chi connectivity index (χ0v) is 21.6.